The average molecular weight is 352 g/mol. The molecule has 5 heteroatoms. The van der Waals surface area contributed by atoms with Crippen LogP contribution < -0.4 is 5.32 Å². The number of nitrogens with one attached hydrogen (secondary N) is 1. The Morgan fingerprint density at radius 2 is 2.00 bits per heavy atom. The van der Waals surface area contributed by atoms with Gasteiger partial charge in [0.25, 0.3) is 0 Å². The highest BCUT2D eigenvalue weighted by molar-refractivity contribution is 6.31. The van der Waals surface area contributed by atoms with E-state index < -0.39 is 0 Å². The molecule has 1 aromatic rings. The summed E-state index contributed by atoms with van der Waals surface area (Å²) in [5.74, 6) is 0.878. The smallest absolute Gasteiger partial charge is 0.234 e. The van der Waals surface area contributed by atoms with Crippen molar-refractivity contribution in [3.63, 3.8) is 0 Å². The molecule has 0 spiro atoms. The summed E-state index contributed by atoms with van der Waals surface area (Å²) in [6.45, 7) is 5.65. The maximum absolute atomic E-state index is 12.3. The molecule has 2 rings (SSSR count). The van der Waals surface area contributed by atoms with Gasteiger partial charge < -0.3 is 10.2 Å². The van der Waals surface area contributed by atoms with Gasteiger partial charge in [0.15, 0.2) is 0 Å². The van der Waals surface area contributed by atoms with E-state index in [0.717, 1.165) is 31.1 Å². The Morgan fingerprint density at radius 3 is 2.62 bits per heavy atom. The van der Waals surface area contributed by atoms with Crippen LogP contribution in [0.15, 0.2) is 24.3 Å². The second-order valence-electron chi connectivity index (χ2n) is 7.12. The second-order valence-corrected chi connectivity index (χ2v) is 7.53. The number of nitrogens with zero attached hydrogens (tertiary/aromatic N) is 2. The minimum atomic E-state index is -0.0659. The highest BCUT2D eigenvalue weighted by Crippen LogP contribution is 2.23. The Labute approximate surface area is 151 Å². The van der Waals surface area contributed by atoms with E-state index in [9.17, 15) is 4.79 Å². The number of carbonyl (C=O) groups excluding carboxylic acids is 1. The van der Waals surface area contributed by atoms with Gasteiger partial charge in [0.05, 0.1) is 12.6 Å². The van der Waals surface area contributed by atoms with Gasteiger partial charge >= 0.3 is 0 Å². The maximum atomic E-state index is 12.3. The average Bonchev–Trinajstić information content (AvgIpc) is 2.54. The molecule has 0 aliphatic carbocycles. The first-order chi connectivity index (χ1) is 11.5. The number of hydrogen-bond acceptors (Lipinski definition) is 3. The molecule has 0 bridgehead atoms. The Kier molecular flexibility index (Phi) is 7.53. The number of halogens is 1. The molecule has 4 nitrogen and oxygen atoms in total. The van der Waals surface area contributed by atoms with Gasteiger partial charge in [-0.05, 0) is 77.5 Å². The lowest BCUT2D eigenvalue weighted by Crippen LogP contribution is -2.42. The molecular weight excluding hydrogens is 322 g/mol. The normalized spacial score (nSPS) is 17.9. The van der Waals surface area contributed by atoms with Crippen LogP contribution in [0.2, 0.25) is 5.02 Å². The number of rotatable bonds is 7. The van der Waals surface area contributed by atoms with E-state index in [-0.39, 0.29) is 11.9 Å². The number of hydrogen-bond donors (Lipinski definition) is 1. The minimum absolute atomic E-state index is 0.0659. The van der Waals surface area contributed by atoms with Crippen LogP contribution in [-0.4, -0.2) is 56.0 Å². The lowest BCUT2D eigenvalue weighted by molar-refractivity contribution is -0.123. The molecule has 1 aliphatic rings. The zero-order valence-corrected chi connectivity index (χ0v) is 15.9. The maximum Gasteiger partial charge on any atom is 0.234 e. The molecule has 134 valence electrons. The molecule has 1 aromatic carbocycles. The minimum Gasteiger partial charge on any atom is -0.348 e. The van der Waals surface area contributed by atoms with E-state index in [1.165, 1.54) is 19.3 Å². The van der Waals surface area contributed by atoms with Gasteiger partial charge in [-0.15, -0.1) is 0 Å². The van der Waals surface area contributed by atoms with E-state index in [2.05, 4.69) is 29.2 Å². The van der Waals surface area contributed by atoms with Crippen LogP contribution in [-0.2, 0) is 4.79 Å². The molecule has 24 heavy (non-hydrogen) atoms. The molecule has 1 N–H and O–H groups in total. The molecule has 1 saturated heterocycles. The predicted molar refractivity (Wildman–Crippen MR) is 100 cm³/mol. The monoisotopic (exact) mass is 351 g/mol. The lowest BCUT2D eigenvalue weighted by Gasteiger charge is -2.32. The molecule has 0 aromatic heterocycles. The van der Waals surface area contributed by atoms with Gasteiger partial charge in [-0.3, -0.25) is 9.69 Å². The first-order valence-electron chi connectivity index (χ1n) is 8.86. The lowest BCUT2D eigenvalue weighted by atomic mass is 9.93. The third-order valence-corrected chi connectivity index (χ3v) is 5.15. The van der Waals surface area contributed by atoms with E-state index in [1.54, 1.807) is 0 Å². The van der Waals surface area contributed by atoms with Crippen LogP contribution in [0.1, 0.15) is 37.8 Å². The van der Waals surface area contributed by atoms with Gasteiger partial charge in [0, 0.05) is 5.02 Å². The molecule has 1 atom stereocenters. The van der Waals surface area contributed by atoms with Crippen LogP contribution in [0.25, 0.3) is 0 Å². The third kappa shape index (κ3) is 6.08. The summed E-state index contributed by atoms with van der Waals surface area (Å²) in [4.78, 5) is 16.8. The highest BCUT2D eigenvalue weighted by Gasteiger charge is 2.21. The van der Waals surface area contributed by atoms with Crippen molar-refractivity contribution in [2.24, 2.45) is 5.92 Å². The molecule has 1 heterocycles. The fourth-order valence-electron chi connectivity index (χ4n) is 3.27. The van der Waals surface area contributed by atoms with Crippen molar-refractivity contribution >= 4 is 17.5 Å². The van der Waals surface area contributed by atoms with Crippen LogP contribution in [0, 0.1) is 5.92 Å². The Bertz CT molecular complexity index is 527. The largest absolute Gasteiger partial charge is 0.348 e. The fraction of sp³-hybridized carbons (Fsp3) is 0.632. The summed E-state index contributed by atoms with van der Waals surface area (Å²) in [6.07, 6.45) is 3.65. The van der Waals surface area contributed by atoms with E-state index in [1.807, 2.05) is 31.2 Å². The molecule has 1 aliphatic heterocycles. The van der Waals surface area contributed by atoms with E-state index >= 15 is 0 Å². The summed E-state index contributed by atoms with van der Waals surface area (Å²) in [6, 6.07) is 7.61. The number of piperidine rings is 1. The Hall–Kier alpha value is -1.10. The number of likely N-dealkylation sites (tertiary alicyclic amines) is 1. The summed E-state index contributed by atoms with van der Waals surface area (Å²) in [7, 11) is 4.25. The van der Waals surface area contributed by atoms with Gasteiger partial charge in [-0.2, -0.15) is 0 Å². The predicted octanol–water partition coefficient (Wildman–Crippen LogP) is 3.18. The zero-order chi connectivity index (χ0) is 17.5. The highest BCUT2D eigenvalue weighted by atomic mass is 35.5. The van der Waals surface area contributed by atoms with Gasteiger partial charge in [-0.25, -0.2) is 0 Å². The molecule has 0 saturated carbocycles. The second kappa shape index (κ2) is 9.40. The van der Waals surface area contributed by atoms with Crippen molar-refractivity contribution in [3.05, 3.63) is 34.9 Å². The van der Waals surface area contributed by atoms with Crippen LogP contribution in [0.5, 0.6) is 0 Å². The molecule has 0 radical (unpaired) electrons. The molecular formula is C19H30ClN3O. The van der Waals surface area contributed by atoms with Crippen molar-refractivity contribution < 1.29 is 4.79 Å². The van der Waals surface area contributed by atoms with Crippen molar-refractivity contribution in [1.29, 1.82) is 0 Å². The number of amides is 1. The van der Waals surface area contributed by atoms with Crippen LogP contribution >= 0.6 is 11.6 Å². The van der Waals surface area contributed by atoms with Crippen LogP contribution in [0.4, 0.5) is 0 Å². The summed E-state index contributed by atoms with van der Waals surface area (Å²) in [5.41, 5.74) is 0.968. The molecule has 1 fully saturated rings. The van der Waals surface area contributed by atoms with Gasteiger partial charge in [-0.1, -0.05) is 29.8 Å². The van der Waals surface area contributed by atoms with Gasteiger partial charge in [0.2, 0.25) is 5.91 Å². The number of carbonyl (C=O) groups is 1. The van der Waals surface area contributed by atoms with Crippen LogP contribution in [0.3, 0.4) is 0 Å². The summed E-state index contributed by atoms with van der Waals surface area (Å²) < 4.78 is 0. The molecule has 1 amide bonds. The molecule has 1 unspecified atom stereocenters. The first-order valence-corrected chi connectivity index (χ1v) is 9.24. The third-order valence-electron chi connectivity index (χ3n) is 4.81. The van der Waals surface area contributed by atoms with E-state index in [0.29, 0.717) is 11.6 Å². The van der Waals surface area contributed by atoms with Crippen molar-refractivity contribution in [2.45, 2.75) is 32.2 Å². The summed E-state index contributed by atoms with van der Waals surface area (Å²) in [5, 5.41) is 3.76. The quantitative estimate of drug-likeness (QED) is 0.819. The summed E-state index contributed by atoms with van der Waals surface area (Å²) >= 11 is 6.20. The topological polar surface area (TPSA) is 35.6 Å². The Balaban J connectivity index is 1.73. The van der Waals surface area contributed by atoms with Gasteiger partial charge in [0.1, 0.15) is 0 Å². The standard InChI is InChI=1S/C19H30ClN3O/c1-15(17-6-4-5-7-18(17)20)21-19(24)14-23-12-9-16(10-13-23)8-11-22(2)3/h4-7,15-16H,8-14H2,1-3H3,(H,21,24). The van der Waals surface area contributed by atoms with Crippen molar-refractivity contribution in [1.82, 2.24) is 15.1 Å². The fourth-order valence-corrected chi connectivity index (χ4v) is 3.57. The zero-order valence-electron chi connectivity index (χ0n) is 15.1. The van der Waals surface area contributed by atoms with Crippen molar-refractivity contribution in [3.8, 4) is 0 Å². The SMILES string of the molecule is CC(NC(=O)CN1CCC(CCN(C)C)CC1)c1ccccc1Cl. The number of benzene rings is 1. The van der Waals surface area contributed by atoms with Crippen molar-refractivity contribution in [2.75, 3.05) is 40.3 Å². The Morgan fingerprint density at radius 1 is 1.33 bits per heavy atom. The first kappa shape index (κ1) is 19.2. The van der Waals surface area contributed by atoms with E-state index in [4.69, 9.17) is 11.6 Å².